The Balaban J connectivity index is 1.99. The molecule has 2 rings (SSSR count). The number of nitrogens with one attached hydrogen (secondary N) is 1. The third-order valence-electron chi connectivity index (χ3n) is 4.87. The molecule has 0 aromatic heterocycles. The second-order valence-electron chi connectivity index (χ2n) is 6.98. The molecule has 5 nitrogen and oxygen atoms in total. The molecule has 2 aromatic rings. The van der Waals surface area contributed by atoms with E-state index in [1.807, 2.05) is 56.3 Å². The van der Waals surface area contributed by atoms with Crippen molar-refractivity contribution in [3.63, 3.8) is 0 Å². The number of rotatable bonds is 8. The quantitative estimate of drug-likeness (QED) is 0.731. The maximum atomic E-state index is 12.4. The van der Waals surface area contributed by atoms with Crippen LogP contribution >= 0.6 is 0 Å². The highest BCUT2D eigenvalue weighted by Crippen LogP contribution is 2.22. The number of hydrogen-bond donors (Lipinski definition) is 1. The summed E-state index contributed by atoms with van der Waals surface area (Å²) in [6.07, 6.45) is 0.241. The third-order valence-corrected chi connectivity index (χ3v) is 4.87. The lowest BCUT2D eigenvalue weighted by Crippen LogP contribution is -2.32. The third kappa shape index (κ3) is 5.59. The van der Waals surface area contributed by atoms with Crippen molar-refractivity contribution >= 4 is 28.9 Å². The summed E-state index contributed by atoms with van der Waals surface area (Å²) >= 11 is 0. The molecule has 0 aliphatic rings. The summed E-state index contributed by atoms with van der Waals surface area (Å²) in [7, 11) is 0. The van der Waals surface area contributed by atoms with Crippen LogP contribution in [0.1, 0.15) is 38.3 Å². The fourth-order valence-corrected chi connectivity index (χ4v) is 3.34. The molecule has 0 radical (unpaired) electrons. The zero-order chi connectivity index (χ0) is 20.7. The Morgan fingerprint density at radius 3 is 2.14 bits per heavy atom. The van der Waals surface area contributed by atoms with E-state index in [0.717, 1.165) is 41.3 Å². The van der Waals surface area contributed by atoms with Gasteiger partial charge in [0.15, 0.2) is 0 Å². The van der Waals surface area contributed by atoms with Crippen LogP contribution < -0.4 is 15.1 Å². The van der Waals surface area contributed by atoms with E-state index >= 15 is 0 Å². The zero-order valence-electron chi connectivity index (χ0n) is 17.6. The van der Waals surface area contributed by atoms with Gasteiger partial charge < -0.3 is 15.1 Å². The standard InChI is InChI=1S/C23H31N3O2/c1-6-25(7-2)21-11-9-20(10-12-21)24-23(28)14-15-26(19(5)27)22-13-8-17(3)16-18(22)4/h8-13,16H,6-7,14-15H2,1-5H3,(H,24,28). The van der Waals surface area contributed by atoms with E-state index in [-0.39, 0.29) is 18.2 Å². The summed E-state index contributed by atoms with van der Waals surface area (Å²) in [5, 5.41) is 2.92. The largest absolute Gasteiger partial charge is 0.372 e. The van der Waals surface area contributed by atoms with Crippen molar-refractivity contribution in [3.8, 4) is 0 Å². The first-order valence-corrected chi connectivity index (χ1v) is 9.85. The summed E-state index contributed by atoms with van der Waals surface area (Å²) < 4.78 is 0. The topological polar surface area (TPSA) is 52.7 Å². The fourth-order valence-electron chi connectivity index (χ4n) is 3.34. The first kappa shape index (κ1) is 21.5. The van der Waals surface area contributed by atoms with Crippen LogP contribution in [0, 0.1) is 13.8 Å². The SMILES string of the molecule is CCN(CC)c1ccc(NC(=O)CCN(C(C)=O)c2ccc(C)cc2C)cc1. The average molecular weight is 382 g/mol. The van der Waals surface area contributed by atoms with Crippen molar-refractivity contribution < 1.29 is 9.59 Å². The minimum absolute atomic E-state index is 0.0664. The molecule has 0 aliphatic heterocycles. The van der Waals surface area contributed by atoms with Crippen molar-refractivity contribution in [2.24, 2.45) is 0 Å². The first-order valence-electron chi connectivity index (χ1n) is 9.85. The molecule has 0 atom stereocenters. The molecular formula is C23H31N3O2. The summed E-state index contributed by atoms with van der Waals surface area (Å²) in [6, 6.07) is 13.8. The van der Waals surface area contributed by atoms with Crippen LogP contribution in [0.4, 0.5) is 17.1 Å². The van der Waals surface area contributed by atoms with Crippen molar-refractivity contribution in [3.05, 3.63) is 53.6 Å². The van der Waals surface area contributed by atoms with E-state index in [2.05, 4.69) is 24.1 Å². The number of amides is 2. The van der Waals surface area contributed by atoms with E-state index in [1.165, 1.54) is 6.92 Å². The lowest BCUT2D eigenvalue weighted by Gasteiger charge is -2.23. The lowest BCUT2D eigenvalue weighted by molar-refractivity contribution is -0.117. The Morgan fingerprint density at radius 1 is 0.964 bits per heavy atom. The van der Waals surface area contributed by atoms with Crippen molar-refractivity contribution in [1.29, 1.82) is 0 Å². The van der Waals surface area contributed by atoms with E-state index in [1.54, 1.807) is 4.90 Å². The highest BCUT2D eigenvalue weighted by atomic mass is 16.2. The van der Waals surface area contributed by atoms with E-state index < -0.39 is 0 Å². The van der Waals surface area contributed by atoms with Crippen molar-refractivity contribution in [2.45, 2.75) is 41.0 Å². The van der Waals surface area contributed by atoms with Gasteiger partial charge >= 0.3 is 0 Å². The highest BCUT2D eigenvalue weighted by molar-refractivity contribution is 5.95. The molecule has 2 amide bonds. The maximum Gasteiger partial charge on any atom is 0.226 e. The van der Waals surface area contributed by atoms with Crippen molar-refractivity contribution in [2.75, 3.05) is 34.8 Å². The van der Waals surface area contributed by atoms with Crippen LogP contribution in [0.3, 0.4) is 0 Å². The van der Waals surface area contributed by atoms with Crippen LogP contribution in [0.25, 0.3) is 0 Å². The molecule has 0 heterocycles. The molecule has 0 saturated carbocycles. The van der Waals surface area contributed by atoms with Gasteiger partial charge in [-0.2, -0.15) is 0 Å². The normalized spacial score (nSPS) is 10.5. The van der Waals surface area contributed by atoms with Gasteiger partial charge in [0.2, 0.25) is 11.8 Å². The number of carbonyl (C=O) groups is 2. The molecule has 0 aliphatic carbocycles. The molecule has 150 valence electrons. The number of benzene rings is 2. The monoisotopic (exact) mass is 381 g/mol. The van der Waals surface area contributed by atoms with Gasteiger partial charge in [0, 0.05) is 50.0 Å². The van der Waals surface area contributed by atoms with Gasteiger partial charge in [0.1, 0.15) is 0 Å². The van der Waals surface area contributed by atoms with Crippen LogP contribution in [0.2, 0.25) is 0 Å². The van der Waals surface area contributed by atoms with Crippen LogP contribution in [0.15, 0.2) is 42.5 Å². The second-order valence-corrected chi connectivity index (χ2v) is 6.98. The Hall–Kier alpha value is -2.82. The van der Waals surface area contributed by atoms with E-state index in [9.17, 15) is 9.59 Å². The Labute approximate surface area is 168 Å². The highest BCUT2D eigenvalue weighted by Gasteiger charge is 2.15. The molecule has 5 heteroatoms. The van der Waals surface area contributed by atoms with Crippen LogP contribution in [0.5, 0.6) is 0 Å². The smallest absolute Gasteiger partial charge is 0.226 e. The molecule has 2 aromatic carbocycles. The van der Waals surface area contributed by atoms with E-state index in [0.29, 0.717) is 6.54 Å². The average Bonchev–Trinajstić information content (AvgIpc) is 2.65. The fraction of sp³-hybridized carbons (Fsp3) is 0.391. The molecule has 0 bridgehead atoms. The van der Waals surface area contributed by atoms with Gasteiger partial charge in [-0.1, -0.05) is 17.7 Å². The van der Waals surface area contributed by atoms with Gasteiger partial charge in [-0.3, -0.25) is 9.59 Å². The number of hydrogen-bond acceptors (Lipinski definition) is 3. The Kier molecular flexibility index (Phi) is 7.61. The maximum absolute atomic E-state index is 12.4. The summed E-state index contributed by atoms with van der Waals surface area (Å²) in [4.78, 5) is 28.4. The zero-order valence-corrected chi connectivity index (χ0v) is 17.6. The molecule has 0 spiro atoms. The minimum atomic E-state index is -0.105. The summed E-state index contributed by atoms with van der Waals surface area (Å²) in [6.45, 7) is 12.0. The number of aryl methyl sites for hydroxylation is 2. The summed E-state index contributed by atoms with van der Waals surface area (Å²) in [5.74, 6) is -0.171. The van der Waals surface area contributed by atoms with Crippen LogP contribution in [-0.4, -0.2) is 31.4 Å². The predicted molar refractivity (Wildman–Crippen MR) is 117 cm³/mol. The van der Waals surface area contributed by atoms with Crippen LogP contribution in [-0.2, 0) is 9.59 Å². The number of nitrogens with zero attached hydrogens (tertiary/aromatic N) is 2. The first-order chi connectivity index (χ1) is 13.3. The number of carbonyl (C=O) groups excluding carboxylic acids is 2. The Bertz CT molecular complexity index is 811. The van der Waals surface area contributed by atoms with Gasteiger partial charge in [-0.15, -0.1) is 0 Å². The Morgan fingerprint density at radius 2 is 1.61 bits per heavy atom. The molecule has 0 unspecified atom stereocenters. The molecule has 1 N–H and O–H groups in total. The lowest BCUT2D eigenvalue weighted by atomic mass is 10.1. The van der Waals surface area contributed by atoms with Gasteiger partial charge in [-0.05, 0) is 63.6 Å². The molecular weight excluding hydrogens is 350 g/mol. The van der Waals surface area contributed by atoms with Gasteiger partial charge in [0.05, 0.1) is 0 Å². The molecule has 0 fully saturated rings. The van der Waals surface area contributed by atoms with Gasteiger partial charge in [0.25, 0.3) is 0 Å². The minimum Gasteiger partial charge on any atom is -0.372 e. The van der Waals surface area contributed by atoms with Crippen molar-refractivity contribution in [1.82, 2.24) is 0 Å². The molecule has 28 heavy (non-hydrogen) atoms. The summed E-state index contributed by atoms with van der Waals surface area (Å²) in [5.41, 5.74) is 4.94. The van der Waals surface area contributed by atoms with Gasteiger partial charge in [-0.25, -0.2) is 0 Å². The second kappa shape index (κ2) is 9.93. The predicted octanol–water partition coefficient (Wildman–Crippen LogP) is 4.53. The number of anilines is 3. The molecule has 0 saturated heterocycles. The van der Waals surface area contributed by atoms with E-state index in [4.69, 9.17) is 0 Å².